The largest absolute Gasteiger partial charge is 0.490 e. The van der Waals surface area contributed by atoms with Gasteiger partial charge in [0.1, 0.15) is 18.0 Å². The van der Waals surface area contributed by atoms with Crippen molar-refractivity contribution in [2.24, 2.45) is 0 Å². The van der Waals surface area contributed by atoms with Crippen molar-refractivity contribution < 1.29 is 14.3 Å². The van der Waals surface area contributed by atoms with E-state index in [1.165, 1.54) is 22.4 Å². The molecular formula is C20H30N2O3. The molecule has 0 radical (unpaired) electrons. The van der Waals surface area contributed by atoms with Crippen molar-refractivity contribution in [1.82, 2.24) is 4.90 Å². The van der Waals surface area contributed by atoms with Gasteiger partial charge in [-0.15, -0.1) is 0 Å². The Morgan fingerprint density at radius 1 is 1.24 bits per heavy atom. The Labute approximate surface area is 150 Å². The van der Waals surface area contributed by atoms with Gasteiger partial charge in [-0.25, -0.2) is 4.79 Å². The minimum atomic E-state index is -0.458. The minimum Gasteiger partial charge on any atom is -0.490 e. The van der Waals surface area contributed by atoms with E-state index in [1.54, 1.807) is 0 Å². The van der Waals surface area contributed by atoms with Crippen LogP contribution in [0.2, 0.25) is 0 Å². The van der Waals surface area contributed by atoms with E-state index < -0.39 is 5.60 Å². The minimum absolute atomic E-state index is 0.212. The smallest absolute Gasteiger partial charge is 0.410 e. The molecule has 2 heterocycles. The normalized spacial score (nSPS) is 17.3. The Morgan fingerprint density at radius 2 is 1.96 bits per heavy atom. The molecule has 0 aromatic heterocycles. The number of fused-ring (bicyclic) bond motifs is 2. The fourth-order valence-electron chi connectivity index (χ4n) is 3.77. The Hall–Kier alpha value is -1.91. The van der Waals surface area contributed by atoms with Gasteiger partial charge in [-0.3, -0.25) is 0 Å². The number of benzene rings is 1. The van der Waals surface area contributed by atoms with E-state index in [0.717, 1.165) is 38.2 Å². The first-order valence-electron chi connectivity index (χ1n) is 9.29. The number of hydrogen-bond donors (Lipinski definition) is 0. The van der Waals surface area contributed by atoms with Crippen LogP contribution < -0.4 is 9.64 Å². The van der Waals surface area contributed by atoms with Crippen LogP contribution in [0, 0.1) is 0 Å². The summed E-state index contributed by atoms with van der Waals surface area (Å²) >= 11 is 0. The number of rotatable bonds is 1. The molecule has 5 nitrogen and oxygen atoms in total. The number of carbonyl (C=O) groups excluding carboxylic acids is 1. The fourth-order valence-corrected chi connectivity index (χ4v) is 3.77. The predicted octanol–water partition coefficient (Wildman–Crippen LogP) is 3.41. The van der Waals surface area contributed by atoms with Crippen LogP contribution in [0.1, 0.15) is 44.4 Å². The Bertz CT molecular complexity index is 664. The van der Waals surface area contributed by atoms with E-state index in [1.807, 2.05) is 25.7 Å². The zero-order valence-corrected chi connectivity index (χ0v) is 16.1. The second kappa shape index (κ2) is 6.77. The third-order valence-electron chi connectivity index (χ3n) is 4.93. The van der Waals surface area contributed by atoms with Crippen LogP contribution in [0.4, 0.5) is 10.5 Å². The van der Waals surface area contributed by atoms with Crippen molar-refractivity contribution in [3.63, 3.8) is 0 Å². The highest BCUT2D eigenvalue weighted by Crippen LogP contribution is 2.40. The molecule has 0 bridgehead atoms. The zero-order valence-electron chi connectivity index (χ0n) is 16.1. The summed E-state index contributed by atoms with van der Waals surface area (Å²) in [4.78, 5) is 16.6. The Balaban J connectivity index is 1.88. The molecule has 5 heteroatoms. The number of amides is 1. The zero-order chi connectivity index (χ0) is 18.2. The van der Waals surface area contributed by atoms with Gasteiger partial charge < -0.3 is 19.3 Å². The maximum absolute atomic E-state index is 12.5. The van der Waals surface area contributed by atoms with Crippen molar-refractivity contribution >= 4 is 11.8 Å². The lowest BCUT2D eigenvalue weighted by Gasteiger charge is -2.32. The van der Waals surface area contributed by atoms with Gasteiger partial charge in [0, 0.05) is 20.1 Å². The lowest BCUT2D eigenvalue weighted by Crippen LogP contribution is -2.38. The van der Waals surface area contributed by atoms with E-state index >= 15 is 0 Å². The Kier molecular flexibility index (Phi) is 4.85. The van der Waals surface area contributed by atoms with Gasteiger partial charge in [-0.1, -0.05) is 6.92 Å². The number of ether oxygens (including phenoxy) is 2. The molecule has 3 rings (SSSR count). The molecule has 0 N–H and O–H groups in total. The predicted molar refractivity (Wildman–Crippen MR) is 99.8 cm³/mol. The van der Waals surface area contributed by atoms with Gasteiger partial charge in [0.05, 0.1) is 12.2 Å². The number of anilines is 1. The van der Waals surface area contributed by atoms with Crippen molar-refractivity contribution in [2.45, 2.75) is 52.6 Å². The van der Waals surface area contributed by atoms with Crippen LogP contribution in [-0.4, -0.2) is 49.9 Å². The molecule has 0 saturated heterocycles. The molecule has 25 heavy (non-hydrogen) atoms. The first-order valence-corrected chi connectivity index (χ1v) is 9.29. The van der Waals surface area contributed by atoms with E-state index in [-0.39, 0.29) is 6.09 Å². The van der Waals surface area contributed by atoms with Crippen LogP contribution in [0.15, 0.2) is 6.07 Å². The monoisotopic (exact) mass is 346 g/mol. The SMILES string of the molecule is CCc1c2c(cc3c1N(C)CCO3)CCN(C(=O)OC(C)(C)C)CC2. The molecule has 0 atom stereocenters. The average molecular weight is 346 g/mol. The first-order chi connectivity index (χ1) is 11.8. The molecule has 2 aliphatic heterocycles. The van der Waals surface area contributed by atoms with Crippen LogP contribution in [0.5, 0.6) is 5.75 Å². The summed E-state index contributed by atoms with van der Waals surface area (Å²) in [5, 5.41) is 0. The maximum Gasteiger partial charge on any atom is 0.410 e. The van der Waals surface area contributed by atoms with E-state index in [9.17, 15) is 4.79 Å². The van der Waals surface area contributed by atoms with Crippen LogP contribution in [0.25, 0.3) is 0 Å². The molecule has 1 amide bonds. The quantitative estimate of drug-likeness (QED) is 0.781. The second-order valence-electron chi connectivity index (χ2n) is 7.93. The molecule has 2 aliphatic rings. The van der Waals surface area contributed by atoms with Crippen molar-refractivity contribution in [3.05, 3.63) is 22.8 Å². The maximum atomic E-state index is 12.5. The van der Waals surface area contributed by atoms with E-state index in [2.05, 4.69) is 24.9 Å². The summed E-state index contributed by atoms with van der Waals surface area (Å²) in [6, 6.07) is 2.19. The molecule has 0 saturated carbocycles. The summed E-state index contributed by atoms with van der Waals surface area (Å²) in [6.07, 6.45) is 2.49. The summed E-state index contributed by atoms with van der Waals surface area (Å²) in [5.74, 6) is 0.995. The summed E-state index contributed by atoms with van der Waals surface area (Å²) in [6.45, 7) is 11.0. The summed E-state index contributed by atoms with van der Waals surface area (Å²) in [7, 11) is 2.14. The van der Waals surface area contributed by atoms with Gasteiger partial charge >= 0.3 is 6.09 Å². The molecule has 138 valence electrons. The third-order valence-corrected chi connectivity index (χ3v) is 4.93. The molecular weight excluding hydrogens is 316 g/mol. The molecule has 1 aromatic rings. The van der Waals surface area contributed by atoms with Gasteiger partial charge in [0.25, 0.3) is 0 Å². The van der Waals surface area contributed by atoms with Crippen molar-refractivity contribution in [1.29, 1.82) is 0 Å². The number of carbonyl (C=O) groups is 1. The van der Waals surface area contributed by atoms with E-state index in [4.69, 9.17) is 9.47 Å². The standard InChI is InChI=1S/C20H30N2O3/c1-6-15-16-8-10-22(19(23)25-20(2,3)4)9-7-14(16)13-17-18(15)21(5)11-12-24-17/h13H,6-12H2,1-5H3. The molecule has 0 fully saturated rings. The van der Waals surface area contributed by atoms with Gasteiger partial charge in [-0.05, 0) is 62.8 Å². The van der Waals surface area contributed by atoms with Crippen LogP contribution in [-0.2, 0) is 24.0 Å². The average Bonchev–Trinajstić information content (AvgIpc) is 2.74. The Morgan fingerprint density at radius 3 is 2.64 bits per heavy atom. The second-order valence-corrected chi connectivity index (χ2v) is 7.93. The van der Waals surface area contributed by atoms with E-state index in [0.29, 0.717) is 13.1 Å². The van der Waals surface area contributed by atoms with Crippen LogP contribution in [0.3, 0.4) is 0 Å². The molecule has 0 spiro atoms. The highest BCUT2D eigenvalue weighted by Gasteiger charge is 2.28. The molecule has 0 unspecified atom stereocenters. The van der Waals surface area contributed by atoms with Crippen molar-refractivity contribution in [2.75, 3.05) is 38.2 Å². The summed E-state index contributed by atoms with van der Waals surface area (Å²) < 4.78 is 11.5. The van der Waals surface area contributed by atoms with Gasteiger partial charge in [0.15, 0.2) is 0 Å². The highest BCUT2D eigenvalue weighted by molar-refractivity contribution is 5.71. The van der Waals surface area contributed by atoms with Gasteiger partial charge in [0.2, 0.25) is 0 Å². The fraction of sp³-hybridized carbons (Fsp3) is 0.650. The highest BCUT2D eigenvalue weighted by atomic mass is 16.6. The number of likely N-dealkylation sites (N-methyl/N-ethyl adjacent to an activating group) is 1. The number of nitrogens with zero attached hydrogens (tertiary/aromatic N) is 2. The topological polar surface area (TPSA) is 42.0 Å². The number of hydrogen-bond acceptors (Lipinski definition) is 4. The third kappa shape index (κ3) is 3.70. The summed E-state index contributed by atoms with van der Waals surface area (Å²) in [5.41, 5.74) is 4.86. The van der Waals surface area contributed by atoms with Crippen LogP contribution >= 0.6 is 0 Å². The van der Waals surface area contributed by atoms with Gasteiger partial charge in [-0.2, -0.15) is 0 Å². The van der Waals surface area contributed by atoms with Crippen molar-refractivity contribution in [3.8, 4) is 5.75 Å². The lowest BCUT2D eigenvalue weighted by molar-refractivity contribution is 0.0258. The lowest BCUT2D eigenvalue weighted by atomic mass is 9.92. The molecule has 0 aliphatic carbocycles. The first kappa shape index (κ1) is 17.9. The molecule has 1 aromatic carbocycles.